The van der Waals surface area contributed by atoms with Gasteiger partial charge in [-0.1, -0.05) is 38.0 Å². The Morgan fingerprint density at radius 2 is 1.87 bits per heavy atom. The fourth-order valence-electron chi connectivity index (χ4n) is 1.95. The van der Waals surface area contributed by atoms with Crippen LogP contribution in [0, 0.1) is 22.0 Å². The maximum Gasteiger partial charge on any atom is 0.339 e. The smallest absolute Gasteiger partial charge is 0.339 e. The van der Waals surface area contributed by atoms with Crippen LogP contribution < -0.4 is 0 Å². The fourth-order valence-corrected chi connectivity index (χ4v) is 1.95. The van der Waals surface area contributed by atoms with E-state index in [1.807, 2.05) is 0 Å². The van der Waals surface area contributed by atoms with Crippen molar-refractivity contribution in [3.8, 4) is 11.8 Å². The van der Waals surface area contributed by atoms with Crippen LogP contribution in [0.3, 0.4) is 0 Å². The summed E-state index contributed by atoms with van der Waals surface area (Å²) in [5, 5.41) is 10.6. The second-order valence-electron chi connectivity index (χ2n) is 5.82. The molecule has 1 rings (SSSR count). The molecule has 0 saturated heterocycles. The van der Waals surface area contributed by atoms with Gasteiger partial charge in [0.15, 0.2) is 5.60 Å². The topological polar surface area (TPSA) is 69.4 Å². The van der Waals surface area contributed by atoms with Gasteiger partial charge >= 0.3 is 5.97 Å². The van der Waals surface area contributed by atoms with Gasteiger partial charge in [-0.2, -0.15) is 0 Å². The summed E-state index contributed by atoms with van der Waals surface area (Å²) in [5.41, 5.74) is -0.676. The molecule has 124 valence electrons. The van der Waals surface area contributed by atoms with Crippen molar-refractivity contribution in [2.45, 2.75) is 58.5 Å². The van der Waals surface area contributed by atoms with E-state index < -0.39 is 16.5 Å². The molecular formula is C18H23NO4. The number of nitro groups is 1. The van der Waals surface area contributed by atoms with Crippen LogP contribution in [0.4, 0.5) is 5.69 Å². The molecule has 1 aromatic rings. The van der Waals surface area contributed by atoms with E-state index in [1.165, 1.54) is 37.1 Å². The number of ether oxygens (including phenoxy) is 1. The van der Waals surface area contributed by atoms with Crippen molar-refractivity contribution < 1.29 is 14.5 Å². The Labute approximate surface area is 137 Å². The number of hydrogen-bond acceptors (Lipinski definition) is 4. The molecule has 5 heteroatoms. The number of esters is 1. The maximum atomic E-state index is 12.1. The third-order valence-corrected chi connectivity index (χ3v) is 3.21. The number of nitrogens with zero attached hydrogens (tertiary/aromatic N) is 1. The summed E-state index contributed by atoms with van der Waals surface area (Å²) >= 11 is 0. The first-order chi connectivity index (χ1) is 10.9. The Morgan fingerprint density at radius 1 is 1.22 bits per heavy atom. The van der Waals surface area contributed by atoms with E-state index in [1.54, 1.807) is 13.8 Å². The molecule has 0 atom stereocenters. The average molecular weight is 317 g/mol. The number of hydrogen-bond donors (Lipinski definition) is 0. The van der Waals surface area contributed by atoms with E-state index in [2.05, 4.69) is 18.8 Å². The van der Waals surface area contributed by atoms with Gasteiger partial charge in [0, 0.05) is 18.6 Å². The summed E-state index contributed by atoms with van der Waals surface area (Å²) in [6, 6.07) is 5.33. The van der Waals surface area contributed by atoms with Gasteiger partial charge in [-0.15, -0.1) is 0 Å². The summed E-state index contributed by atoms with van der Waals surface area (Å²) in [7, 11) is 0. The van der Waals surface area contributed by atoms with E-state index in [0.717, 1.165) is 19.3 Å². The van der Waals surface area contributed by atoms with Crippen LogP contribution in [-0.2, 0) is 4.74 Å². The quantitative estimate of drug-likeness (QED) is 0.244. The molecule has 0 heterocycles. The summed E-state index contributed by atoms with van der Waals surface area (Å²) in [6.45, 7) is 5.62. The average Bonchev–Trinajstić information content (AvgIpc) is 2.50. The molecule has 0 bridgehead atoms. The zero-order valence-corrected chi connectivity index (χ0v) is 13.9. The van der Waals surface area contributed by atoms with E-state index in [9.17, 15) is 14.9 Å². The highest BCUT2D eigenvalue weighted by atomic mass is 16.6. The van der Waals surface area contributed by atoms with E-state index in [-0.39, 0.29) is 11.3 Å². The minimum atomic E-state index is -0.885. The molecule has 0 radical (unpaired) electrons. The van der Waals surface area contributed by atoms with E-state index in [4.69, 9.17) is 4.74 Å². The highest BCUT2D eigenvalue weighted by Gasteiger charge is 2.21. The molecular weight excluding hydrogens is 294 g/mol. The number of carbonyl (C=O) groups is 1. The molecule has 0 aliphatic heterocycles. The molecule has 5 nitrogen and oxygen atoms in total. The number of rotatable bonds is 7. The predicted octanol–water partition coefficient (Wildman–Crippen LogP) is 4.50. The Hall–Kier alpha value is -2.35. The maximum absolute atomic E-state index is 12.1. The Bertz CT molecular complexity index is 594. The van der Waals surface area contributed by atoms with Crippen LogP contribution in [0.2, 0.25) is 0 Å². The lowest BCUT2D eigenvalue weighted by molar-refractivity contribution is -0.384. The van der Waals surface area contributed by atoms with Crippen molar-refractivity contribution in [2.24, 2.45) is 0 Å². The van der Waals surface area contributed by atoms with Gasteiger partial charge < -0.3 is 4.74 Å². The third kappa shape index (κ3) is 6.96. The second kappa shape index (κ2) is 8.94. The van der Waals surface area contributed by atoms with Crippen molar-refractivity contribution in [1.29, 1.82) is 0 Å². The van der Waals surface area contributed by atoms with Gasteiger partial charge in [0.1, 0.15) is 0 Å². The Morgan fingerprint density at radius 3 is 2.43 bits per heavy atom. The summed E-state index contributed by atoms with van der Waals surface area (Å²) in [6.07, 6.45) is 5.39. The number of non-ortho nitro benzene ring substituents is 1. The molecule has 0 fully saturated rings. The molecule has 1 aromatic carbocycles. The predicted molar refractivity (Wildman–Crippen MR) is 89.1 cm³/mol. The zero-order valence-electron chi connectivity index (χ0n) is 13.9. The van der Waals surface area contributed by atoms with Gasteiger partial charge in [0.25, 0.3) is 5.69 Å². The van der Waals surface area contributed by atoms with Crippen LogP contribution in [-0.4, -0.2) is 16.5 Å². The molecule has 0 aliphatic carbocycles. The third-order valence-electron chi connectivity index (χ3n) is 3.21. The Kier molecular flexibility index (Phi) is 7.27. The standard InChI is InChI=1S/C18H23NO4/c1-4-5-6-7-8-9-14-18(2,3)23-17(20)15-10-12-16(13-11-15)19(21)22/h10-13H,4-8H2,1-3H3. The van der Waals surface area contributed by atoms with Crippen LogP contribution in [0.5, 0.6) is 0 Å². The lowest BCUT2D eigenvalue weighted by Crippen LogP contribution is -2.26. The highest BCUT2D eigenvalue weighted by molar-refractivity contribution is 5.90. The summed E-state index contributed by atoms with van der Waals surface area (Å²) < 4.78 is 5.37. The number of benzene rings is 1. The van der Waals surface area contributed by atoms with Gasteiger partial charge in [-0.3, -0.25) is 10.1 Å². The summed E-state index contributed by atoms with van der Waals surface area (Å²) in [4.78, 5) is 22.1. The first-order valence-electron chi connectivity index (χ1n) is 7.83. The molecule has 0 unspecified atom stereocenters. The molecule has 23 heavy (non-hydrogen) atoms. The van der Waals surface area contributed by atoms with E-state index in [0.29, 0.717) is 0 Å². The SMILES string of the molecule is CCCCCCC#CC(C)(C)OC(=O)c1ccc([N+](=O)[O-])cc1. The Balaban J connectivity index is 2.57. The monoisotopic (exact) mass is 317 g/mol. The van der Waals surface area contributed by atoms with Crippen LogP contribution in [0.15, 0.2) is 24.3 Å². The van der Waals surface area contributed by atoms with Crippen LogP contribution >= 0.6 is 0 Å². The summed E-state index contributed by atoms with van der Waals surface area (Å²) in [5.74, 6) is 5.48. The lowest BCUT2D eigenvalue weighted by Gasteiger charge is -2.18. The van der Waals surface area contributed by atoms with Crippen molar-refractivity contribution in [3.63, 3.8) is 0 Å². The molecule has 0 saturated carbocycles. The van der Waals surface area contributed by atoms with Crippen molar-refractivity contribution >= 4 is 11.7 Å². The van der Waals surface area contributed by atoms with Crippen molar-refractivity contribution in [3.05, 3.63) is 39.9 Å². The number of carbonyl (C=O) groups excluding carboxylic acids is 1. The fraction of sp³-hybridized carbons (Fsp3) is 0.500. The van der Waals surface area contributed by atoms with Crippen LogP contribution in [0.1, 0.15) is 63.2 Å². The van der Waals surface area contributed by atoms with Crippen molar-refractivity contribution in [2.75, 3.05) is 0 Å². The lowest BCUT2D eigenvalue weighted by atomic mass is 10.1. The zero-order chi connectivity index (χ0) is 17.3. The first kappa shape index (κ1) is 18.7. The van der Waals surface area contributed by atoms with Gasteiger partial charge in [0.05, 0.1) is 10.5 Å². The molecule has 0 N–H and O–H groups in total. The van der Waals surface area contributed by atoms with Gasteiger partial charge in [0.2, 0.25) is 0 Å². The van der Waals surface area contributed by atoms with Gasteiger partial charge in [-0.05, 0) is 32.4 Å². The molecule has 0 aliphatic rings. The highest BCUT2D eigenvalue weighted by Crippen LogP contribution is 2.16. The first-order valence-corrected chi connectivity index (χ1v) is 7.83. The molecule has 0 amide bonds. The van der Waals surface area contributed by atoms with Crippen LogP contribution in [0.25, 0.3) is 0 Å². The number of nitro benzene ring substituents is 1. The largest absolute Gasteiger partial charge is 0.443 e. The normalized spacial score (nSPS) is 10.6. The molecule has 0 aromatic heterocycles. The minimum absolute atomic E-state index is 0.0623. The van der Waals surface area contributed by atoms with Gasteiger partial charge in [-0.25, -0.2) is 4.79 Å². The minimum Gasteiger partial charge on any atom is -0.443 e. The van der Waals surface area contributed by atoms with E-state index >= 15 is 0 Å². The van der Waals surface area contributed by atoms with Crippen molar-refractivity contribution in [1.82, 2.24) is 0 Å². The second-order valence-corrected chi connectivity index (χ2v) is 5.82. The number of unbranched alkanes of at least 4 members (excludes halogenated alkanes) is 4. The molecule has 0 spiro atoms.